The Kier molecular flexibility index (Phi) is 5.12. The Morgan fingerprint density at radius 1 is 1.30 bits per heavy atom. The van der Waals surface area contributed by atoms with E-state index < -0.39 is 42.6 Å². The van der Waals surface area contributed by atoms with Gasteiger partial charge in [-0.3, -0.25) is 4.57 Å². The summed E-state index contributed by atoms with van der Waals surface area (Å²) in [4.78, 5) is 24.9. The lowest BCUT2D eigenvalue weighted by molar-refractivity contribution is -0.184. The first kappa shape index (κ1) is 19.2. The number of nitrogens with zero attached hydrogens (tertiary/aromatic N) is 3. The van der Waals surface area contributed by atoms with Crippen LogP contribution in [0, 0.1) is 12.8 Å². The minimum absolute atomic E-state index is 0.0214. The number of aromatic nitrogens is 3. The number of hydrogen-bond donors (Lipinski definition) is 0. The number of aryl methyl sites for hydroxylation is 1. The average molecular weight is 383 g/mol. The molecule has 2 atom stereocenters. The van der Waals surface area contributed by atoms with E-state index in [2.05, 4.69) is 5.10 Å². The highest BCUT2D eigenvalue weighted by atomic mass is 19.4. The summed E-state index contributed by atoms with van der Waals surface area (Å²) >= 11 is 0. The smallest absolute Gasteiger partial charge is 0.392 e. The molecule has 0 saturated heterocycles. The second-order valence-corrected chi connectivity index (χ2v) is 6.66. The van der Waals surface area contributed by atoms with Crippen LogP contribution in [-0.2, 0) is 22.5 Å². The van der Waals surface area contributed by atoms with E-state index in [4.69, 9.17) is 4.74 Å². The summed E-state index contributed by atoms with van der Waals surface area (Å²) in [5.41, 5.74) is 1.23. The largest absolute Gasteiger partial charge is 0.464 e. The zero-order chi connectivity index (χ0) is 19.8. The van der Waals surface area contributed by atoms with Crippen LogP contribution in [0.2, 0.25) is 0 Å². The van der Waals surface area contributed by atoms with Crippen molar-refractivity contribution in [1.82, 2.24) is 14.3 Å². The third kappa shape index (κ3) is 3.91. The fourth-order valence-electron chi connectivity index (χ4n) is 3.25. The molecule has 3 rings (SSSR count). The van der Waals surface area contributed by atoms with E-state index in [-0.39, 0.29) is 19.0 Å². The molecule has 0 fully saturated rings. The van der Waals surface area contributed by atoms with Gasteiger partial charge in [-0.25, -0.2) is 14.3 Å². The van der Waals surface area contributed by atoms with Gasteiger partial charge in [0, 0.05) is 6.42 Å². The number of alkyl halides is 3. The molecule has 1 aromatic carbocycles. The molecule has 1 aliphatic heterocycles. The monoisotopic (exact) mass is 383 g/mol. The fraction of sp³-hybridized carbons (Fsp3) is 0.500. The molecule has 0 radical (unpaired) electrons. The summed E-state index contributed by atoms with van der Waals surface area (Å²) in [5.74, 6) is -2.63. The van der Waals surface area contributed by atoms with Crippen molar-refractivity contribution in [2.24, 2.45) is 5.92 Å². The van der Waals surface area contributed by atoms with Gasteiger partial charge in [-0.1, -0.05) is 29.8 Å². The molecular formula is C18H20F3N3O3. The van der Waals surface area contributed by atoms with Crippen LogP contribution in [0.15, 0.2) is 29.1 Å². The lowest BCUT2D eigenvalue weighted by Crippen LogP contribution is -2.41. The van der Waals surface area contributed by atoms with Crippen LogP contribution in [0.1, 0.15) is 36.3 Å². The summed E-state index contributed by atoms with van der Waals surface area (Å²) in [6.45, 7) is 3.62. The van der Waals surface area contributed by atoms with Crippen molar-refractivity contribution in [3.8, 4) is 0 Å². The standard InChI is InChI=1S/C18H20F3N3O3/c1-3-27-16(25)14-8-13(18(19,20)21)9-15-22-23(17(26)24(14)15)10-12-6-4-11(2)5-7-12/h4-7,13-14H,3,8-10H2,1-2H3/t13-,14-/m1/s1. The summed E-state index contributed by atoms with van der Waals surface area (Å²) in [5, 5.41) is 4.08. The summed E-state index contributed by atoms with van der Waals surface area (Å²) in [6.07, 6.45) is -5.44. The van der Waals surface area contributed by atoms with E-state index in [1.54, 1.807) is 6.92 Å². The predicted octanol–water partition coefficient (Wildman–Crippen LogP) is 2.63. The second kappa shape index (κ2) is 7.21. The summed E-state index contributed by atoms with van der Waals surface area (Å²) in [7, 11) is 0. The number of rotatable bonds is 4. The van der Waals surface area contributed by atoms with Crippen molar-refractivity contribution in [3.63, 3.8) is 0 Å². The van der Waals surface area contributed by atoms with E-state index in [0.29, 0.717) is 0 Å². The van der Waals surface area contributed by atoms with Crippen LogP contribution < -0.4 is 5.69 Å². The lowest BCUT2D eigenvalue weighted by atomic mass is 9.91. The van der Waals surface area contributed by atoms with Crippen molar-refractivity contribution >= 4 is 5.97 Å². The molecule has 0 bridgehead atoms. The number of hydrogen-bond acceptors (Lipinski definition) is 4. The Morgan fingerprint density at radius 2 is 1.96 bits per heavy atom. The molecule has 2 aromatic rings. The van der Waals surface area contributed by atoms with Gasteiger partial charge in [0.1, 0.15) is 11.9 Å². The van der Waals surface area contributed by atoms with Crippen LogP contribution in [-0.4, -0.2) is 33.1 Å². The van der Waals surface area contributed by atoms with Gasteiger partial charge in [0.05, 0.1) is 19.1 Å². The number of halogens is 3. The molecule has 0 saturated carbocycles. The Balaban J connectivity index is 1.99. The predicted molar refractivity (Wildman–Crippen MR) is 90.3 cm³/mol. The highest BCUT2D eigenvalue weighted by Crippen LogP contribution is 2.38. The van der Waals surface area contributed by atoms with Crippen LogP contribution >= 0.6 is 0 Å². The average Bonchev–Trinajstić information content (AvgIpc) is 2.91. The minimum atomic E-state index is -4.48. The third-order valence-electron chi connectivity index (χ3n) is 4.66. The molecule has 146 valence electrons. The minimum Gasteiger partial charge on any atom is -0.464 e. The van der Waals surface area contributed by atoms with Crippen molar-refractivity contribution in [1.29, 1.82) is 0 Å². The van der Waals surface area contributed by atoms with Gasteiger partial charge in [-0.15, -0.1) is 0 Å². The Hall–Kier alpha value is -2.58. The maximum absolute atomic E-state index is 13.3. The Morgan fingerprint density at radius 3 is 2.56 bits per heavy atom. The molecule has 0 aliphatic carbocycles. The molecule has 6 nitrogen and oxygen atoms in total. The second-order valence-electron chi connectivity index (χ2n) is 6.66. The van der Waals surface area contributed by atoms with Crippen molar-refractivity contribution in [3.05, 3.63) is 51.7 Å². The molecule has 0 amide bonds. The van der Waals surface area contributed by atoms with Crippen molar-refractivity contribution in [2.75, 3.05) is 6.61 Å². The van der Waals surface area contributed by atoms with Gasteiger partial charge in [0.15, 0.2) is 0 Å². The van der Waals surface area contributed by atoms with Gasteiger partial charge >= 0.3 is 17.8 Å². The zero-order valence-corrected chi connectivity index (χ0v) is 15.0. The Labute approximate surface area is 153 Å². The SMILES string of the molecule is CCOC(=O)[C@H]1C[C@@H](C(F)(F)F)Cc2nn(Cc3ccc(C)cc3)c(=O)n21. The molecule has 0 spiro atoms. The van der Waals surface area contributed by atoms with E-state index in [1.807, 2.05) is 31.2 Å². The van der Waals surface area contributed by atoms with Gasteiger partial charge in [-0.05, 0) is 25.8 Å². The quantitative estimate of drug-likeness (QED) is 0.762. The van der Waals surface area contributed by atoms with Gasteiger partial charge < -0.3 is 4.74 Å². The zero-order valence-electron chi connectivity index (χ0n) is 15.0. The normalized spacial score (nSPS) is 19.6. The van der Waals surface area contributed by atoms with Crippen molar-refractivity contribution in [2.45, 2.75) is 45.5 Å². The van der Waals surface area contributed by atoms with Crippen molar-refractivity contribution < 1.29 is 22.7 Å². The fourth-order valence-corrected chi connectivity index (χ4v) is 3.25. The topological polar surface area (TPSA) is 66.1 Å². The maximum Gasteiger partial charge on any atom is 0.392 e. The van der Waals surface area contributed by atoms with Gasteiger partial charge in [0.25, 0.3) is 0 Å². The highest BCUT2D eigenvalue weighted by Gasteiger charge is 2.47. The first-order chi connectivity index (χ1) is 12.7. The van der Waals surface area contributed by atoms with Crippen LogP contribution in [0.3, 0.4) is 0 Å². The molecular weight excluding hydrogens is 363 g/mol. The lowest BCUT2D eigenvalue weighted by Gasteiger charge is -2.29. The maximum atomic E-state index is 13.3. The van der Waals surface area contributed by atoms with Crippen LogP contribution in [0.25, 0.3) is 0 Å². The van der Waals surface area contributed by atoms with E-state index in [9.17, 15) is 22.8 Å². The number of fused-ring (bicyclic) bond motifs is 1. The number of esters is 1. The number of benzene rings is 1. The number of carbonyl (C=O) groups excluding carboxylic acids is 1. The van der Waals surface area contributed by atoms with E-state index in [0.717, 1.165) is 20.4 Å². The van der Waals surface area contributed by atoms with Gasteiger partial charge in [0.2, 0.25) is 0 Å². The Bertz CT molecular complexity index is 884. The summed E-state index contributed by atoms with van der Waals surface area (Å²) in [6, 6.07) is 6.07. The molecule has 2 heterocycles. The third-order valence-corrected chi connectivity index (χ3v) is 4.66. The summed E-state index contributed by atoms with van der Waals surface area (Å²) < 4.78 is 46.9. The first-order valence-electron chi connectivity index (χ1n) is 8.67. The molecule has 0 unspecified atom stereocenters. The molecule has 27 heavy (non-hydrogen) atoms. The van der Waals surface area contributed by atoms with E-state index >= 15 is 0 Å². The first-order valence-corrected chi connectivity index (χ1v) is 8.67. The van der Waals surface area contributed by atoms with Crippen LogP contribution in [0.5, 0.6) is 0 Å². The van der Waals surface area contributed by atoms with Gasteiger partial charge in [-0.2, -0.15) is 18.3 Å². The number of ether oxygens (including phenoxy) is 1. The van der Waals surface area contributed by atoms with E-state index in [1.165, 1.54) is 0 Å². The molecule has 9 heteroatoms. The molecule has 1 aliphatic rings. The molecule has 1 aromatic heterocycles. The number of carbonyl (C=O) groups is 1. The highest BCUT2D eigenvalue weighted by molar-refractivity contribution is 5.74. The van der Waals surface area contributed by atoms with Crippen LogP contribution in [0.4, 0.5) is 13.2 Å². The molecule has 0 N–H and O–H groups in total.